The van der Waals surface area contributed by atoms with Crippen LogP contribution in [0.5, 0.6) is 0 Å². The monoisotopic (exact) mass is 295 g/mol. The van der Waals surface area contributed by atoms with Gasteiger partial charge < -0.3 is 5.32 Å². The highest BCUT2D eigenvalue weighted by Gasteiger charge is 2.42. The SMILES string of the molecule is CSC1(CNC(c2cccs2)c2cccs2)CC1. The largest absolute Gasteiger partial charge is 0.304 e. The van der Waals surface area contributed by atoms with Crippen LogP contribution in [-0.2, 0) is 0 Å². The second-order valence-corrected chi connectivity index (χ2v) is 7.96. The van der Waals surface area contributed by atoms with Gasteiger partial charge in [0.2, 0.25) is 0 Å². The van der Waals surface area contributed by atoms with Crippen LogP contribution in [0.15, 0.2) is 35.0 Å². The molecule has 1 fully saturated rings. The molecule has 96 valence electrons. The molecular formula is C14H17NS3. The molecule has 0 radical (unpaired) electrons. The molecule has 0 aliphatic heterocycles. The molecule has 1 N–H and O–H groups in total. The van der Waals surface area contributed by atoms with Crippen molar-refractivity contribution < 1.29 is 0 Å². The van der Waals surface area contributed by atoms with Crippen LogP contribution in [-0.4, -0.2) is 17.5 Å². The first-order valence-corrected chi connectivity index (χ1v) is 9.17. The van der Waals surface area contributed by atoms with Crippen LogP contribution >= 0.6 is 34.4 Å². The Kier molecular flexibility index (Phi) is 3.80. The molecule has 3 rings (SSSR count). The lowest BCUT2D eigenvalue weighted by molar-refractivity contribution is 0.604. The number of hydrogen-bond donors (Lipinski definition) is 1. The minimum Gasteiger partial charge on any atom is -0.304 e. The highest BCUT2D eigenvalue weighted by molar-refractivity contribution is 8.00. The van der Waals surface area contributed by atoms with Crippen molar-refractivity contribution in [2.24, 2.45) is 0 Å². The van der Waals surface area contributed by atoms with E-state index in [1.165, 1.54) is 22.6 Å². The smallest absolute Gasteiger partial charge is 0.0765 e. The highest BCUT2D eigenvalue weighted by atomic mass is 32.2. The van der Waals surface area contributed by atoms with Gasteiger partial charge in [0, 0.05) is 21.0 Å². The molecule has 1 aliphatic carbocycles. The Bertz CT molecular complexity index is 437. The van der Waals surface area contributed by atoms with Gasteiger partial charge in [-0.15, -0.1) is 22.7 Å². The van der Waals surface area contributed by atoms with Crippen LogP contribution in [0.2, 0.25) is 0 Å². The average molecular weight is 295 g/mol. The summed E-state index contributed by atoms with van der Waals surface area (Å²) < 4.78 is 0.521. The van der Waals surface area contributed by atoms with Crippen molar-refractivity contribution in [1.29, 1.82) is 0 Å². The van der Waals surface area contributed by atoms with Gasteiger partial charge in [-0.3, -0.25) is 0 Å². The van der Waals surface area contributed by atoms with Crippen LogP contribution < -0.4 is 5.32 Å². The molecule has 2 aromatic rings. The third-order valence-electron chi connectivity index (χ3n) is 3.52. The van der Waals surface area contributed by atoms with Crippen molar-refractivity contribution >= 4 is 34.4 Å². The number of hydrogen-bond acceptors (Lipinski definition) is 4. The lowest BCUT2D eigenvalue weighted by Crippen LogP contribution is -2.29. The van der Waals surface area contributed by atoms with E-state index in [2.05, 4.69) is 46.6 Å². The Labute approximate surface area is 121 Å². The third-order valence-corrected chi connectivity index (χ3v) is 6.82. The molecule has 1 saturated carbocycles. The molecule has 0 aromatic carbocycles. The molecule has 0 spiro atoms. The van der Waals surface area contributed by atoms with Gasteiger partial charge in [-0.1, -0.05) is 12.1 Å². The maximum Gasteiger partial charge on any atom is 0.0765 e. The fourth-order valence-electron chi connectivity index (χ4n) is 2.13. The minimum atomic E-state index is 0.384. The van der Waals surface area contributed by atoms with Crippen LogP contribution in [0, 0.1) is 0 Å². The van der Waals surface area contributed by atoms with Crippen LogP contribution in [0.25, 0.3) is 0 Å². The van der Waals surface area contributed by atoms with Crippen molar-refractivity contribution in [2.75, 3.05) is 12.8 Å². The summed E-state index contributed by atoms with van der Waals surface area (Å²) in [4.78, 5) is 2.85. The zero-order valence-corrected chi connectivity index (χ0v) is 12.8. The third kappa shape index (κ3) is 2.67. The zero-order chi connectivity index (χ0) is 12.4. The normalized spacial score (nSPS) is 17.2. The van der Waals surface area contributed by atoms with E-state index < -0.39 is 0 Å². The molecule has 0 bridgehead atoms. The first-order chi connectivity index (χ1) is 8.83. The standard InChI is InChI=1S/C14H17NS3/c1-16-14(6-7-14)10-15-13(11-4-2-8-17-11)12-5-3-9-18-12/h2-5,8-9,13,15H,6-7,10H2,1H3. The fraction of sp³-hybridized carbons (Fsp3) is 0.429. The van der Waals surface area contributed by atoms with Crippen LogP contribution in [0.4, 0.5) is 0 Å². The second-order valence-electron chi connectivity index (χ2n) is 4.73. The van der Waals surface area contributed by atoms with Crippen molar-refractivity contribution in [3.05, 3.63) is 44.8 Å². The van der Waals surface area contributed by atoms with Gasteiger partial charge in [-0.25, -0.2) is 0 Å². The molecule has 2 heterocycles. The second kappa shape index (κ2) is 5.37. The van der Waals surface area contributed by atoms with Gasteiger partial charge in [0.05, 0.1) is 6.04 Å². The van der Waals surface area contributed by atoms with E-state index in [4.69, 9.17) is 0 Å². The van der Waals surface area contributed by atoms with E-state index in [0.717, 1.165) is 6.54 Å². The minimum absolute atomic E-state index is 0.384. The summed E-state index contributed by atoms with van der Waals surface area (Å²) in [6.07, 6.45) is 4.96. The average Bonchev–Trinajstić information content (AvgIpc) is 2.86. The van der Waals surface area contributed by atoms with Crippen molar-refractivity contribution in [1.82, 2.24) is 5.32 Å². The van der Waals surface area contributed by atoms with Crippen molar-refractivity contribution in [2.45, 2.75) is 23.6 Å². The predicted octanol–water partition coefficient (Wildman–Crippen LogP) is 4.38. The molecule has 2 aromatic heterocycles. The maximum atomic E-state index is 3.78. The Morgan fingerprint density at radius 1 is 1.22 bits per heavy atom. The van der Waals surface area contributed by atoms with E-state index in [-0.39, 0.29) is 0 Å². The molecule has 0 atom stereocenters. The molecule has 18 heavy (non-hydrogen) atoms. The Morgan fingerprint density at radius 2 is 1.83 bits per heavy atom. The van der Waals surface area contributed by atoms with Crippen LogP contribution in [0.3, 0.4) is 0 Å². The molecule has 0 saturated heterocycles. The summed E-state index contributed by atoms with van der Waals surface area (Å²) in [6, 6.07) is 9.14. The summed E-state index contributed by atoms with van der Waals surface area (Å²) in [6.45, 7) is 1.12. The van der Waals surface area contributed by atoms with Gasteiger partial charge in [-0.05, 0) is 42.0 Å². The van der Waals surface area contributed by atoms with Gasteiger partial charge in [0.15, 0.2) is 0 Å². The molecule has 1 aliphatic rings. The Balaban J connectivity index is 1.74. The van der Waals surface area contributed by atoms with E-state index in [9.17, 15) is 0 Å². The van der Waals surface area contributed by atoms with Crippen molar-refractivity contribution in [3.8, 4) is 0 Å². The lowest BCUT2D eigenvalue weighted by Gasteiger charge is -2.20. The zero-order valence-electron chi connectivity index (χ0n) is 10.4. The Hall–Kier alpha value is -0.290. The fourth-order valence-corrected chi connectivity index (χ4v) is 4.58. The van der Waals surface area contributed by atoms with Gasteiger partial charge >= 0.3 is 0 Å². The van der Waals surface area contributed by atoms with Crippen LogP contribution in [0.1, 0.15) is 28.6 Å². The first-order valence-electron chi connectivity index (χ1n) is 6.18. The number of nitrogens with one attached hydrogen (secondary N) is 1. The van der Waals surface area contributed by atoms with E-state index in [1.807, 2.05) is 34.4 Å². The number of thioether (sulfide) groups is 1. The Morgan fingerprint density at radius 3 is 2.22 bits per heavy atom. The van der Waals surface area contributed by atoms with Crippen molar-refractivity contribution in [3.63, 3.8) is 0 Å². The quantitative estimate of drug-likeness (QED) is 0.848. The predicted molar refractivity (Wildman–Crippen MR) is 84.0 cm³/mol. The highest BCUT2D eigenvalue weighted by Crippen LogP contribution is 2.47. The lowest BCUT2D eigenvalue weighted by atomic mass is 10.2. The number of rotatable bonds is 6. The summed E-state index contributed by atoms with van der Waals surface area (Å²) in [5.74, 6) is 0. The molecule has 4 heteroatoms. The summed E-state index contributed by atoms with van der Waals surface area (Å²) >= 11 is 5.71. The molecule has 0 amide bonds. The van der Waals surface area contributed by atoms with Gasteiger partial charge in [0.25, 0.3) is 0 Å². The summed E-state index contributed by atoms with van der Waals surface area (Å²) in [5, 5.41) is 8.11. The van der Waals surface area contributed by atoms with E-state index >= 15 is 0 Å². The first kappa shape index (κ1) is 12.7. The molecular weight excluding hydrogens is 278 g/mol. The number of thiophene rings is 2. The summed E-state index contributed by atoms with van der Waals surface area (Å²) in [5.41, 5.74) is 0. The summed E-state index contributed by atoms with van der Waals surface area (Å²) in [7, 11) is 0. The molecule has 0 unspecified atom stereocenters. The van der Waals surface area contributed by atoms with E-state index in [1.54, 1.807) is 0 Å². The van der Waals surface area contributed by atoms with Gasteiger partial charge in [-0.2, -0.15) is 11.8 Å². The maximum absolute atomic E-state index is 3.78. The molecule has 1 nitrogen and oxygen atoms in total. The van der Waals surface area contributed by atoms with Gasteiger partial charge in [0.1, 0.15) is 0 Å². The van der Waals surface area contributed by atoms with E-state index in [0.29, 0.717) is 10.8 Å². The topological polar surface area (TPSA) is 12.0 Å².